The van der Waals surface area contributed by atoms with E-state index in [1.165, 1.54) is 0 Å². The van der Waals surface area contributed by atoms with E-state index in [1.54, 1.807) is 12.1 Å². The lowest BCUT2D eigenvalue weighted by molar-refractivity contribution is 0.0873. The quantitative estimate of drug-likeness (QED) is 0.737. The molecule has 2 atom stereocenters. The predicted molar refractivity (Wildman–Crippen MR) is 85.5 cm³/mol. The summed E-state index contributed by atoms with van der Waals surface area (Å²) in [4.78, 5) is 14.5. The number of hydrogen-bond acceptors (Lipinski definition) is 4. The van der Waals surface area contributed by atoms with Gasteiger partial charge in [0.15, 0.2) is 0 Å². The number of nitrogens with two attached hydrogens (primary N) is 1. The van der Waals surface area contributed by atoms with Gasteiger partial charge in [-0.05, 0) is 31.0 Å². The van der Waals surface area contributed by atoms with Gasteiger partial charge >= 0.3 is 0 Å². The molecule has 0 bridgehead atoms. The zero-order chi connectivity index (χ0) is 15.4. The minimum atomic E-state index is -0.114. The maximum atomic E-state index is 12.6. The summed E-state index contributed by atoms with van der Waals surface area (Å²) in [7, 11) is 3.80. The summed E-state index contributed by atoms with van der Waals surface area (Å²) in [5.41, 5.74) is 7.82. The normalized spacial score (nSPS) is 21.9. The first-order chi connectivity index (χ1) is 10.0. The molecule has 4 N–H and O–H groups in total. The number of carbonyl (C=O) groups excluding carboxylic acids is 1. The molecule has 0 aliphatic heterocycles. The van der Waals surface area contributed by atoms with Crippen LogP contribution in [0, 0.1) is 5.92 Å². The van der Waals surface area contributed by atoms with Crippen molar-refractivity contribution < 1.29 is 9.90 Å². The van der Waals surface area contributed by atoms with E-state index in [1.807, 2.05) is 25.1 Å². The molecular formula is C16H25N3O2. The Balaban J connectivity index is 2.17. The van der Waals surface area contributed by atoms with Gasteiger partial charge in [0.2, 0.25) is 0 Å². The van der Waals surface area contributed by atoms with E-state index < -0.39 is 0 Å². The van der Waals surface area contributed by atoms with Crippen molar-refractivity contribution >= 4 is 17.3 Å². The van der Waals surface area contributed by atoms with Gasteiger partial charge in [0.25, 0.3) is 5.91 Å². The number of amides is 1. The molecule has 1 fully saturated rings. The van der Waals surface area contributed by atoms with Crippen LogP contribution in [-0.2, 0) is 0 Å². The fourth-order valence-corrected chi connectivity index (χ4v) is 2.99. The van der Waals surface area contributed by atoms with Crippen LogP contribution in [0.1, 0.15) is 36.0 Å². The van der Waals surface area contributed by atoms with Crippen LogP contribution in [0.3, 0.4) is 0 Å². The lowest BCUT2D eigenvalue weighted by atomic mass is 9.85. The lowest BCUT2D eigenvalue weighted by Crippen LogP contribution is -2.43. The number of anilines is 2. The van der Waals surface area contributed by atoms with Crippen molar-refractivity contribution in [2.24, 2.45) is 5.92 Å². The van der Waals surface area contributed by atoms with Crippen LogP contribution in [0.2, 0.25) is 0 Å². The van der Waals surface area contributed by atoms with Crippen molar-refractivity contribution in [3.05, 3.63) is 23.8 Å². The van der Waals surface area contributed by atoms with Crippen molar-refractivity contribution in [3.63, 3.8) is 0 Å². The van der Waals surface area contributed by atoms with Gasteiger partial charge in [-0.15, -0.1) is 0 Å². The Hall–Kier alpha value is -1.75. The highest BCUT2D eigenvalue weighted by molar-refractivity contribution is 6.00. The molecular weight excluding hydrogens is 266 g/mol. The van der Waals surface area contributed by atoms with E-state index in [2.05, 4.69) is 5.32 Å². The van der Waals surface area contributed by atoms with Crippen LogP contribution in [0.15, 0.2) is 18.2 Å². The zero-order valence-corrected chi connectivity index (χ0v) is 12.8. The van der Waals surface area contributed by atoms with Crippen LogP contribution in [0.5, 0.6) is 0 Å². The van der Waals surface area contributed by atoms with Crippen LogP contribution < -0.4 is 16.0 Å². The second-order valence-corrected chi connectivity index (χ2v) is 5.98. The summed E-state index contributed by atoms with van der Waals surface area (Å²) in [5.74, 6) is 0.0444. The van der Waals surface area contributed by atoms with Gasteiger partial charge in [-0.1, -0.05) is 12.8 Å². The van der Waals surface area contributed by atoms with Gasteiger partial charge in [-0.25, -0.2) is 0 Å². The number of benzene rings is 1. The van der Waals surface area contributed by atoms with Crippen molar-refractivity contribution in [2.45, 2.75) is 31.7 Å². The van der Waals surface area contributed by atoms with E-state index >= 15 is 0 Å². The van der Waals surface area contributed by atoms with Crippen molar-refractivity contribution in [3.8, 4) is 0 Å². The number of nitrogens with zero attached hydrogens (tertiary/aromatic N) is 1. The summed E-state index contributed by atoms with van der Waals surface area (Å²) in [6.07, 6.45) is 4.12. The fraction of sp³-hybridized carbons (Fsp3) is 0.562. The average molecular weight is 291 g/mol. The van der Waals surface area contributed by atoms with Crippen molar-refractivity contribution in [1.82, 2.24) is 5.32 Å². The smallest absolute Gasteiger partial charge is 0.253 e. The maximum Gasteiger partial charge on any atom is 0.253 e. The Morgan fingerprint density at radius 3 is 2.76 bits per heavy atom. The molecule has 1 aliphatic carbocycles. The van der Waals surface area contributed by atoms with Gasteiger partial charge in [-0.3, -0.25) is 4.79 Å². The Kier molecular flexibility index (Phi) is 5.07. The molecule has 2 rings (SSSR count). The highest BCUT2D eigenvalue weighted by Gasteiger charge is 2.27. The monoisotopic (exact) mass is 291 g/mol. The molecule has 0 spiro atoms. The summed E-state index contributed by atoms with van der Waals surface area (Å²) in [6, 6.07) is 5.41. The van der Waals surface area contributed by atoms with Crippen molar-refractivity contribution in [2.75, 3.05) is 31.3 Å². The number of nitrogen functional groups attached to an aromatic ring is 1. The topological polar surface area (TPSA) is 78.6 Å². The Morgan fingerprint density at radius 2 is 2.10 bits per heavy atom. The molecule has 2 unspecified atom stereocenters. The number of rotatable bonds is 4. The third kappa shape index (κ3) is 3.67. The second kappa shape index (κ2) is 6.80. The summed E-state index contributed by atoms with van der Waals surface area (Å²) in [6.45, 7) is 0.127. The van der Waals surface area contributed by atoms with Crippen LogP contribution >= 0.6 is 0 Å². The van der Waals surface area contributed by atoms with Gasteiger partial charge in [-0.2, -0.15) is 0 Å². The number of aliphatic hydroxyl groups is 1. The van der Waals surface area contributed by atoms with Gasteiger partial charge in [0.1, 0.15) is 0 Å². The molecule has 0 saturated heterocycles. The maximum absolute atomic E-state index is 12.6. The Bertz CT molecular complexity index is 502. The molecule has 116 valence electrons. The van der Waals surface area contributed by atoms with E-state index in [4.69, 9.17) is 5.73 Å². The largest absolute Gasteiger partial charge is 0.399 e. The molecule has 5 heteroatoms. The highest BCUT2D eigenvalue weighted by atomic mass is 16.3. The number of carbonyl (C=O) groups is 1. The van der Waals surface area contributed by atoms with E-state index in [0.29, 0.717) is 11.3 Å². The van der Waals surface area contributed by atoms with Crippen LogP contribution in [0.4, 0.5) is 11.4 Å². The second-order valence-electron chi connectivity index (χ2n) is 5.98. The predicted octanol–water partition coefficient (Wildman–Crippen LogP) is 1.62. The lowest BCUT2D eigenvalue weighted by Gasteiger charge is -2.31. The summed E-state index contributed by atoms with van der Waals surface area (Å²) < 4.78 is 0. The first-order valence-electron chi connectivity index (χ1n) is 7.51. The van der Waals surface area contributed by atoms with E-state index in [9.17, 15) is 9.90 Å². The van der Waals surface area contributed by atoms with E-state index in [-0.39, 0.29) is 24.5 Å². The van der Waals surface area contributed by atoms with Crippen LogP contribution in [0.25, 0.3) is 0 Å². The molecule has 1 aromatic rings. The third-order valence-corrected chi connectivity index (χ3v) is 4.21. The number of nitrogens with one attached hydrogen (secondary N) is 1. The van der Waals surface area contributed by atoms with Gasteiger partial charge < -0.3 is 21.1 Å². The van der Waals surface area contributed by atoms with Gasteiger partial charge in [0.05, 0.1) is 5.56 Å². The average Bonchev–Trinajstić information content (AvgIpc) is 2.47. The summed E-state index contributed by atoms with van der Waals surface area (Å²) >= 11 is 0. The SMILES string of the molecule is CN(C)c1ccc(N)cc1C(=O)NC1CCCCC1CO. The minimum Gasteiger partial charge on any atom is -0.399 e. The molecule has 0 radical (unpaired) electrons. The molecule has 1 aromatic carbocycles. The highest BCUT2D eigenvalue weighted by Crippen LogP contribution is 2.26. The molecule has 1 aliphatic rings. The third-order valence-electron chi connectivity index (χ3n) is 4.21. The zero-order valence-electron chi connectivity index (χ0n) is 12.8. The number of hydrogen-bond donors (Lipinski definition) is 3. The molecule has 0 heterocycles. The molecule has 21 heavy (non-hydrogen) atoms. The first kappa shape index (κ1) is 15.6. The van der Waals surface area contributed by atoms with Gasteiger partial charge in [0, 0.05) is 44.0 Å². The standard InChI is InChI=1S/C16H25N3O2/c1-19(2)15-8-7-12(17)9-13(15)16(21)18-14-6-4-3-5-11(14)10-20/h7-9,11,14,20H,3-6,10,17H2,1-2H3,(H,18,21). The molecule has 1 amide bonds. The van der Waals surface area contributed by atoms with E-state index in [0.717, 1.165) is 31.4 Å². The van der Waals surface area contributed by atoms with Crippen LogP contribution in [-0.4, -0.2) is 37.8 Å². The Labute approximate surface area is 126 Å². The minimum absolute atomic E-state index is 0.0488. The number of aliphatic hydroxyl groups excluding tert-OH is 1. The fourth-order valence-electron chi connectivity index (χ4n) is 2.99. The van der Waals surface area contributed by atoms with Crippen molar-refractivity contribution in [1.29, 1.82) is 0 Å². The molecule has 5 nitrogen and oxygen atoms in total. The summed E-state index contributed by atoms with van der Waals surface area (Å²) in [5, 5.41) is 12.5. The first-order valence-corrected chi connectivity index (χ1v) is 7.51. The molecule has 0 aromatic heterocycles. The Morgan fingerprint density at radius 1 is 1.38 bits per heavy atom. The molecule has 1 saturated carbocycles.